The number of amides is 1. The normalized spacial score (nSPS) is 18.7. The molecule has 0 spiro atoms. The first-order valence-corrected chi connectivity index (χ1v) is 8.56. The van der Waals surface area contributed by atoms with Crippen molar-refractivity contribution in [1.29, 1.82) is 0 Å². The standard InChI is InChI=1S/C18H27BFNO5/c1-16(2,3)24-15(23)21-10-11-12(8-9-13(20)14(11)22)19-25-17(4,5)18(6,7)26-19/h8-9,22H,10H2,1-7H3,(H,21,23). The molecule has 2 rings (SSSR count). The lowest BCUT2D eigenvalue weighted by Gasteiger charge is -2.32. The Balaban J connectivity index is 2.27. The maximum absolute atomic E-state index is 13.9. The second kappa shape index (κ2) is 6.74. The van der Waals surface area contributed by atoms with Gasteiger partial charge in [0.1, 0.15) is 5.60 Å². The van der Waals surface area contributed by atoms with E-state index in [-0.39, 0.29) is 12.1 Å². The molecule has 1 fully saturated rings. The predicted molar refractivity (Wildman–Crippen MR) is 96.9 cm³/mol. The summed E-state index contributed by atoms with van der Waals surface area (Å²) in [5.74, 6) is -1.33. The minimum atomic E-state index is -0.790. The maximum atomic E-state index is 13.9. The monoisotopic (exact) mass is 367 g/mol. The molecule has 0 aliphatic carbocycles. The zero-order valence-electron chi connectivity index (χ0n) is 16.4. The van der Waals surface area contributed by atoms with Gasteiger partial charge in [-0.25, -0.2) is 9.18 Å². The molecule has 1 aliphatic rings. The van der Waals surface area contributed by atoms with Gasteiger partial charge in [-0.1, -0.05) is 6.07 Å². The van der Waals surface area contributed by atoms with Gasteiger partial charge in [0.25, 0.3) is 0 Å². The van der Waals surface area contributed by atoms with E-state index in [0.29, 0.717) is 5.46 Å². The van der Waals surface area contributed by atoms with E-state index in [2.05, 4.69) is 5.32 Å². The van der Waals surface area contributed by atoms with Crippen LogP contribution in [0.3, 0.4) is 0 Å². The van der Waals surface area contributed by atoms with Crippen LogP contribution < -0.4 is 10.8 Å². The van der Waals surface area contributed by atoms with Gasteiger partial charge in [-0.3, -0.25) is 0 Å². The third kappa shape index (κ3) is 4.30. The average molecular weight is 367 g/mol. The molecule has 0 bridgehead atoms. The molecule has 0 saturated carbocycles. The molecule has 1 heterocycles. The molecule has 1 aromatic carbocycles. The number of hydrogen-bond donors (Lipinski definition) is 2. The van der Waals surface area contributed by atoms with Gasteiger partial charge in [-0.2, -0.15) is 0 Å². The molecule has 0 radical (unpaired) electrons. The number of rotatable bonds is 3. The van der Waals surface area contributed by atoms with Crippen LogP contribution in [0.4, 0.5) is 9.18 Å². The van der Waals surface area contributed by atoms with Crippen LogP contribution in [0.25, 0.3) is 0 Å². The van der Waals surface area contributed by atoms with E-state index in [4.69, 9.17) is 14.0 Å². The van der Waals surface area contributed by atoms with E-state index in [1.807, 2.05) is 27.7 Å². The summed E-state index contributed by atoms with van der Waals surface area (Å²) in [6.45, 7) is 12.7. The number of phenols is 1. The zero-order valence-corrected chi connectivity index (χ0v) is 16.4. The Kier molecular flexibility index (Phi) is 5.32. The summed E-state index contributed by atoms with van der Waals surface area (Å²) in [6, 6.07) is 2.63. The van der Waals surface area contributed by atoms with Crippen LogP contribution in [-0.2, 0) is 20.6 Å². The minimum absolute atomic E-state index is 0.127. The van der Waals surface area contributed by atoms with Gasteiger partial charge in [-0.05, 0) is 60.0 Å². The highest BCUT2D eigenvalue weighted by Crippen LogP contribution is 2.37. The molecule has 0 atom stereocenters. The van der Waals surface area contributed by atoms with Gasteiger partial charge >= 0.3 is 13.2 Å². The minimum Gasteiger partial charge on any atom is -0.505 e. The third-order valence-electron chi connectivity index (χ3n) is 4.59. The highest BCUT2D eigenvalue weighted by molar-refractivity contribution is 6.62. The van der Waals surface area contributed by atoms with E-state index in [1.54, 1.807) is 20.8 Å². The topological polar surface area (TPSA) is 77.0 Å². The molecular formula is C18H27BFNO5. The number of halogens is 1. The summed E-state index contributed by atoms with van der Waals surface area (Å²) in [5.41, 5.74) is -1.19. The van der Waals surface area contributed by atoms with E-state index < -0.39 is 41.6 Å². The Bertz CT molecular complexity index is 684. The first kappa shape index (κ1) is 20.5. The summed E-state index contributed by atoms with van der Waals surface area (Å²) in [4.78, 5) is 11.9. The van der Waals surface area contributed by atoms with Crippen molar-refractivity contribution in [2.75, 3.05) is 0 Å². The van der Waals surface area contributed by atoms with E-state index >= 15 is 0 Å². The number of ether oxygens (including phenoxy) is 1. The van der Waals surface area contributed by atoms with Crippen LogP contribution in [0.15, 0.2) is 12.1 Å². The van der Waals surface area contributed by atoms with Crippen LogP contribution in [-0.4, -0.2) is 35.1 Å². The highest BCUT2D eigenvalue weighted by atomic mass is 19.1. The van der Waals surface area contributed by atoms with Crippen molar-refractivity contribution in [3.05, 3.63) is 23.5 Å². The number of alkyl carbamates (subject to hydrolysis) is 1. The Morgan fingerprint density at radius 2 is 1.77 bits per heavy atom. The Hall–Kier alpha value is -1.80. The quantitative estimate of drug-likeness (QED) is 0.804. The predicted octanol–water partition coefficient (Wildman–Crippen LogP) is 2.86. The van der Waals surface area contributed by atoms with Gasteiger partial charge in [-0.15, -0.1) is 0 Å². The molecule has 144 valence electrons. The number of benzene rings is 1. The first-order valence-electron chi connectivity index (χ1n) is 8.56. The van der Waals surface area contributed by atoms with Crippen molar-refractivity contribution in [3.63, 3.8) is 0 Å². The lowest BCUT2D eigenvalue weighted by Crippen LogP contribution is -2.41. The number of hydrogen-bond acceptors (Lipinski definition) is 5. The number of phenolic OH excluding ortho intramolecular Hbond substituents is 1. The Morgan fingerprint density at radius 1 is 1.23 bits per heavy atom. The fraction of sp³-hybridized carbons (Fsp3) is 0.611. The van der Waals surface area contributed by atoms with Crippen LogP contribution in [0.2, 0.25) is 0 Å². The van der Waals surface area contributed by atoms with Gasteiger partial charge < -0.3 is 24.5 Å². The van der Waals surface area contributed by atoms with Gasteiger partial charge in [0.15, 0.2) is 11.6 Å². The molecule has 8 heteroatoms. The zero-order chi connectivity index (χ0) is 19.9. The molecule has 6 nitrogen and oxygen atoms in total. The molecule has 1 aliphatic heterocycles. The maximum Gasteiger partial charge on any atom is 0.495 e. The van der Waals surface area contributed by atoms with Crippen molar-refractivity contribution in [1.82, 2.24) is 5.32 Å². The van der Waals surface area contributed by atoms with E-state index in [0.717, 1.165) is 6.07 Å². The van der Waals surface area contributed by atoms with Crippen LogP contribution in [0, 0.1) is 5.82 Å². The smallest absolute Gasteiger partial charge is 0.495 e. The van der Waals surface area contributed by atoms with E-state index in [1.165, 1.54) is 6.07 Å². The van der Waals surface area contributed by atoms with Crippen molar-refractivity contribution < 1.29 is 28.3 Å². The SMILES string of the molecule is CC(C)(C)OC(=O)NCc1c(B2OC(C)(C)C(C)(C)O2)ccc(F)c1O. The third-order valence-corrected chi connectivity index (χ3v) is 4.59. The first-order chi connectivity index (χ1) is 11.7. The van der Waals surface area contributed by atoms with Crippen molar-refractivity contribution in [2.45, 2.75) is 71.8 Å². The molecule has 1 saturated heterocycles. The van der Waals surface area contributed by atoms with E-state index in [9.17, 15) is 14.3 Å². The summed E-state index contributed by atoms with van der Waals surface area (Å²) >= 11 is 0. The Labute approximate surface area is 154 Å². The van der Waals surface area contributed by atoms with Crippen LogP contribution in [0.5, 0.6) is 5.75 Å². The van der Waals surface area contributed by atoms with Gasteiger partial charge in [0, 0.05) is 12.1 Å². The highest BCUT2D eigenvalue weighted by Gasteiger charge is 2.52. The van der Waals surface area contributed by atoms with Gasteiger partial charge in [0.2, 0.25) is 0 Å². The lowest BCUT2D eigenvalue weighted by molar-refractivity contribution is 0.00578. The average Bonchev–Trinajstić information content (AvgIpc) is 2.67. The molecule has 0 aromatic heterocycles. The summed E-state index contributed by atoms with van der Waals surface area (Å²) < 4.78 is 31.0. The molecule has 1 amide bonds. The lowest BCUT2D eigenvalue weighted by atomic mass is 9.75. The largest absolute Gasteiger partial charge is 0.505 e. The molecule has 2 N–H and O–H groups in total. The van der Waals surface area contributed by atoms with Crippen molar-refractivity contribution >= 4 is 18.7 Å². The molecule has 0 unspecified atom stereocenters. The summed E-state index contributed by atoms with van der Waals surface area (Å²) in [5, 5.41) is 12.7. The number of nitrogens with one attached hydrogen (secondary N) is 1. The fourth-order valence-electron chi connectivity index (χ4n) is 2.47. The number of carbonyl (C=O) groups is 1. The summed E-state index contributed by atoms with van der Waals surface area (Å²) in [6.07, 6.45) is -0.666. The molecule has 26 heavy (non-hydrogen) atoms. The van der Waals surface area contributed by atoms with Gasteiger partial charge in [0.05, 0.1) is 11.2 Å². The van der Waals surface area contributed by atoms with Crippen LogP contribution >= 0.6 is 0 Å². The second-order valence-corrected chi connectivity index (χ2v) is 8.41. The summed E-state index contributed by atoms with van der Waals surface area (Å²) in [7, 11) is -0.790. The van der Waals surface area contributed by atoms with Crippen molar-refractivity contribution in [2.24, 2.45) is 0 Å². The molecule has 1 aromatic rings. The number of aromatic hydroxyl groups is 1. The van der Waals surface area contributed by atoms with Crippen molar-refractivity contribution in [3.8, 4) is 5.75 Å². The molecular weight excluding hydrogens is 340 g/mol. The van der Waals surface area contributed by atoms with Crippen LogP contribution in [0.1, 0.15) is 54.0 Å². The second-order valence-electron chi connectivity index (χ2n) is 8.41. The fourth-order valence-corrected chi connectivity index (χ4v) is 2.47. The Morgan fingerprint density at radius 3 is 2.27 bits per heavy atom. The number of carbonyl (C=O) groups excluding carboxylic acids is 1.